The summed E-state index contributed by atoms with van der Waals surface area (Å²) in [7, 11) is 0. The minimum absolute atomic E-state index is 0.756. The van der Waals surface area contributed by atoms with E-state index in [0.717, 1.165) is 41.8 Å². The largest absolute Gasteiger partial charge is 0.385 e. The molecule has 0 saturated heterocycles. The van der Waals surface area contributed by atoms with E-state index in [0.29, 0.717) is 0 Å². The molecule has 3 heteroatoms. The Bertz CT molecular complexity index is 419. The Labute approximate surface area is 112 Å². The Morgan fingerprint density at radius 3 is 2.44 bits per heavy atom. The maximum Gasteiger partial charge on any atom is 0.143 e. The van der Waals surface area contributed by atoms with E-state index in [1.165, 1.54) is 24.3 Å². The SMILES string of the molecule is O=C/C=C(\Sc1ccccc1)C1(O)CCCCC1. The molecule has 0 atom stereocenters. The van der Waals surface area contributed by atoms with Crippen molar-refractivity contribution in [3.63, 3.8) is 0 Å². The predicted octanol–water partition coefficient (Wildman–Crippen LogP) is 3.56. The fourth-order valence-corrected chi connectivity index (χ4v) is 3.41. The van der Waals surface area contributed by atoms with Gasteiger partial charge in [-0.25, -0.2) is 0 Å². The number of aliphatic hydroxyl groups is 1. The predicted molar refractivity (Wildman–Crippen MR) is 74.5 cm³/mol. The summed E-state index contributed by atoms with van der Waals surface area (Å²) >= 11 is 1.50. The number of benzene rings is 1. The van der Waals surface area contributed by atoms with Crippen molar-refractivity contribution in [3.8, 4) is 0 Å². The first kappa shape index (κ1) is 13.4. The molecule has 2 rings (SSSR count). The van der Waals surface area contributed by atoms with Crippen LogP contribution < -0.4 is 0 Å². The molecule has 2 nitrogen and oxygen atoms in total. The maximum atomic E-state index is 10.8. The second-order valence-corrected chi connectivity index (χ2v) is 5.79. The molecule has 18 heavy (non-hydrogen) atoms. The van der Waals surface area contributed by atoms with Gasteiger partial charge in [0, 0.05) is 9.80 Å². The number of carbonyl (C=O) groups is 1. The third-order valence-electron chi connectivity index (χ3n) is 3.33. The number of hydrogen-bond acceptors (Lipinski definition) is 3. The average Bonchev–Trinajstić information content (AvgIpc) is 2.40. The molecule has 0 aromatic heterocycles. The highest BCUT2D eigenvalue weighted by atomic mass is 32.2. The lowest BCUT2D eigenvalue weighted by atomic mass is 9.84. The smallest absolute Gasteiger partial charge is 0.143 e. The third kappa shape index (κ3) is 3.24. The Hall–Kier alpha value is -1.06. The van der Waals surface area contributed by atoms with Crippen molar-refractivity contribution in [2.75, 3.05) is 0 Å². The molecular weight excluding hydrogens is 244 g/mol. The minimum atomic E-state index is -0.806. The molecule has 0 bridgehead atoms. The van der Waals surface area contributed by atoms with Crippen LogP contribution in [0.3, 0.4) is 0 Å². The fourth-order valence-electron chi connectivity index (χ4n) is 2.34. The van der Waals surface area contributed by atoms with Gasteiger partial charge < -0.3 is 5.11 Å². The van der Waals surface area contributed by atoms with Crippen LogP contribution in [-0.4, -0.2) is 17.0 Å². The van der Waals surface area contributed by atoms with Crippen LogP contribution in [0.4, 0.5) is 0 Å². The number of aldehydes is 1. The lowest BCUT2D eigenvalue weighted by molar-refractivity contribution is -0.104. The molecule has 0 spiro atoms. The van der Waals surface area contributed by atoms with Gasteiger partial charge >= 0.3 is 0 Å². The Morgan fingerprint density at radius 1 is 1.17 bits per heavy atom. The minimum Gasteiger partial charge on any atom is -0.385 e. The molecular formula is C15H18O2S. The molecule has 1 aromatic carbocycles. The molecule has 0 unspecified atom stereocenters. The van der Waals surface area contributed by atoms with Crippen LogP contribution >= 0.6 is 11.8 Å². The zero-order chi connectivity index (χ0) is 12.8. The number of allylic oxidation sites excluding steroid dienone is 1. The van der Waals surface area contributed by atoms with E-state index in [9.17, 15) is 9.90 Å². The molecule has 96 valence electrons. The summed E-state index contributed by atoms with van der Waals surface area (Å²) in [5.41, 5.74) is -0.806. The van der Waals surface area contributed by atoms with Gasteiger partial charge in [0.15, 0.2) is 0 Å². The average molecular weight is 262 g/mol. The van der Waals surface area contributed by atoms with Gasteiger partial charge in [-0.15, -0.1) is 0 Å². The molecule has 0 heterocycles. The van der Waals surface area contributed by atoms with Crippen molar-refractivity contribution in [2.45, 2.75) is 42.6 Å². The Morgan fingerprint density at radius 2 is 1.83 bits per heavy atom. The van der Waals surface area contributed by atoms with Crippen LogP contribution in [0.2, 0.25) is 0 Å². The lowest BCUT2D eigenvalue weighted by Gasteiger charge is -2.33. The van der Waals surface area contributed by atoms with Gasteiger partial charge in [0.25, 0.3) is 0 Å². The quantitative estimate of drug-likeness (QED) is 0.512. The standard InChI is InChI=1S/C15H18O2S/c16-12-9-14(15(17)10-5-2-6-11-15)18-13-7-3-1-4-8-13/h1,3-4,7-9,12,17H,2,5-6,10-11H2/b14-9-. The molecule has 1 saturated carbocycles. The molecule has 0 radical (unpaired) electrons. The van der Waals surface area contributed by atoms with Crippen LogP contribution in [0.5, 0.6) is 0 Å². The second-order valence-electron chi connectivity index (χ2n) is 4.67. The molecule has 0 aliphatic heterocycles. The van der Waals surface area contributed by atoms with Crippen LogP contribution in [0.1, 0.15) is 32.1 Å². The van der Waals surface area contributed by atoms with E-state index < -0.39 is 5.60 Å². The van der Waals surface area contributed by atoms with Gasteiger partial charge in [-0.05, 0) is 31.1 Å². The molecule has 1 N–H and O–H groups in total. The van der Waals surface area contributed by atoms with Crippen LogP contribution in [0, 0.1) is 0 Å². The highest BCUT2D eigenvalue weighted by Gasteiger charge is 2.33. The highest BCUT2D eigenvalue weighted by Crippen LogP contribution is 2.42. The first-order chi connectivity index (χ1) is 8.74. The van der Waals surface area contributed by atoms with Crippen molar-refractivity contribution < 1.29 is 9.90 Å². The number of hydrogen-bond donors (Lipinski definition) is 1. The van der Waals surface area contributed by atoms with E-state index in [4.69, 9.17) is 0 Å². The number of rotatable bonds is 4. The summed E-state index contributed by atoms with van der Waals surface area (Å²) in [5.74, 6) is 0. The topological polar surface area (TPSA) is 37.3 Å². The van der Waals surface area contributed by atoms with E-state index >= 15 is 0 Å². The molecule has 0 amide bonds. The van der Waals surface area contributed by atoms with Crippen LogP contribution in [0.25, 0.3) is 0 Å². The fraction of sp³-hybridized carbons (Fsp3) is 0.400. The van der Waals surface area contributed by atoms with Gasteiger partial charge in [-0.3, -0.25) is 4.79 Å². The zero-order valence-corrected chi connectivity index (χ0v) is 11.2. The Kier molecular flexibility index (Phi) is 4.61. The first-order valence-corrected chi connectivity index (χ1v) is 7.17. The molecule has 1 aromatic rings. The van der Waals surface area contributed by atoms with Crippen molar-refractivity contribution in [3.05, 3.63) is 41.3 Å². The summed E-state index contributed by atoms with van der Waals surface area (Å²) in [6, 6.07) is 9.88. The van der Waals surface area contributed by atoms with Gasteiger partial charge in [0.1, 0.15) is 6.29 Å². The zero-order valence-electron chi connectivity index (χ0n) is 10.3. The van der Waals surface area contributed by atoms with Gasteiger partial charge in [0.2, 0.25) is 0 Å². The molecule has 1 aliphatic rings. The summed E-state index contributed by atoms with van der Waals surface area (Å²) in [4.78, 5) is 12.6. The summed E-state index contributed by atoms with van der Waals surface area (Å²) in [6.07, 6.45) is 7.04. The first-order valence-electron chi connectivity index (χ1n) is 6.36. The Balaban J connectivity index is 2.18. The van der Waals surface area contributed by atoms with Crippen LogP contribution in [0.15, 0.2) is 46.2 Å². The summed E-state index contributed by atoms with van der Waals surface area (Å²) < 4.78 is 0. The van der Waals surface area contributed by atoms with Crippen LogP contribution in [-0.2, 0) is 4.79 Å². The van der Waals surface area contributed by atoms with Gasteiger partial charge in [-0.2, -0.15) is 0 Å². The van der Waals surface area contributed by atoms with E-state index in [1.54, 1.807) is 0 Å². The summed E-state index contributed by atoms with van der Waals surface area (Å²) in [5, 5.41) is 10.7. The maximum absolute atomic E-state index is 10.8. The monoisotopic (exact) mass is 262 g/mol. The molecule has 1 fully saturated rings. The lowest BCUT2D eigenvalue weighted by Crippen LogP contribution is -2.32. The van der Waals surface area contributed by atoms with Gasteiger partial charge in [0.05, 0.1) is 5.60 Å². The normalized spacial score (nSPS) is 19.5. The number of carbonyl (C=O) groups excluding carboxylic acids is 1. The van der Waals surface area contributed by atoms with E-state index in [1.807, 2.05) is 30.3 Å². The van der Waals surface area contributed by atoms with Crippen molar-refractivity contribution in [1.82, 2.24) is 0 Å². The second kappa shape index (κ2) is 6.21. The number of thioether (sulfide) groups is 1. The van der Waals surface area contributed by atoms with Crippen molar-refractivity contribution >= 4 is 18.0 Å². The van der Waals surface area contributed by atoms with Gasteiger partial charge in [-0.1, -0.05) is 49.2 Å². The molecule has 1 aliphatic carbocycles. The van der Waals surface area contributed by atoms with Crippen molar-refractivity contribution in [1.29, 1.82) is 0 Å². The van der Waals surface area contributed by atoms with E-state index in [-0.39, 0.29) is 0 Å². The third-order valence-corrected chi connectivity index (χ3v) is 4.57. The highest BCUT2D eigenvalue weighted by molar-refractivity contribution is 8.03. The van der Waals surface area contributed by atoms with Crippen molar-refractivity contribution in [2.24, 2.45) is 0 Å². The summed E-state index contributed by atoms with van der Waals surface area (Å²) in [6.45, 7) is 0. The van der Waals surface area contributed by atoms with E-state index in [2.05, 4.69) is 0 Å².